The molecule has 0 aliphatic heterocycles. The second-order valence-electron chi connectivity index (χ2n) is 3.36. The molecule has 0 heterocycles. The average Bonchev–Trinajstić information content (AvgIpc) is 2.13. The van der Waals surface area contributed by atoms with E-state index < -0.39 is 5.24 Å². The maximum Gasteiger partial charge on any atom is 0.245 e. The Morgan fingerprint density at radius 2 is 1.86 bits per heavy atom. The van der Waals surface area contributed by atoms with Crippen molar-refractivity contribution >= 4 is 22.9 Å². The highest BCUT2D eigenvalue weighted by molar-refractivity contribution is 6.66. The van der Waals surface area contributed by atoms with E-state index in [1.54, 1.807) is 6.08 Å². The van der Waals surface area contributed by atoms with Crippen molar-refractivity contribution < 1.29 is 4.79 Å². The Morgan fingerprint density at radius 3 is 2.43 bits per heavy atom. The van der Waals surface area contributed by atoms with Crippen LogP contribution in [-0.4, -0.2) is 5.24 Å². The third kappa shape index (κ3) is 2.46. The van der Waals surface area contributed by atoms with E-state index in [9.17, 15) is 4.79 Å². The molecule has 1 aromatic rings. The van der Waals surface area contributed by atoms with Crippen molar-refractivity contribution in [2.24, 2.45) is 0 Å². The molecule has 0 saturated carbocycles. The summed E-state index contributed by atoms with van der Waals surface area (Å²) in [6.45, 7) is 6.19. The highest BCUT2D eigenvalue weighted by atomic mass is 35.5. The fraction of sp³-hybridized carbons (Fsp3) is 0.250. The maximum atomic E-state index is 10.6. The van der Waals surface area contributed by atoms with Gasteiger partial charge >= 0.3 is 0 Å². The first-order chi connectivity index (χ1) is 6.52. The SMILES string of the molecule is Cc1ccc(/C=C/C(=O)Cl)c(C)c1C. The zero-order valence-corrected chi connectivity index (χ0v) is 9.35. The fourth-order valence-corrected chi connectivity index (χ4v) is 1.38. The summed E-state index contributed by atoms with van der Waals surface area (Å²) in [6, 6.07) is 4.04. The quantitative estimate of drug-likeness (QED) is 0.538. The lowest BCUT2D eigenvalue weighted by Gasteiger charge is -2.07. The zero-order valence-electron chi connectivity index (χ0n) is 8.60. The van der Waals surface area contributed by atoms with Gasteiger partial charge in [-0.05, 0) is 66.8 Å². The van der Waals surface area contributed by atoms with E-state index in [0.717, 1.165) is 5.56 Å². The van der Waals surface area contributed by atoms with E-state index in [0.29, 0.717) is 0 Å². The summed E-state index contributed by atoms with van der Waals surface area (Å²) in [5, 5.41) is -0.442. The predicted octanol–water partition coefficient (Wildman–Crippen LogP) is 3.39. The van der Waals surface area contributed by atoms with E-state index in [1.807, 2.05) is 19.1 Å². The van der Waals surface area contributed by atoms with Crippen LogP contribution in [0.1, 0.15) is 22.3 Å². The number of benzene rings is 1. The molecule has 0 bridgehead atoms. The fourth-order valence-electron chi connectivity index (χ4n) is 1.31. The van der Waals surface area contributed by atoms with Crippen molar-refractivity contribution in [3.63, 3.8) is 0 Å². The number of carbonyl (C=O) groups excluding carboxylic acids is 1. The Bertz CT molecular complexity index is 392. The lowest BCUT2D eigenvalue weighted by atomic mass is 9.99. The van der Waals surface area contributed by atoms with E-state index in [1.165, 1.54) is 22.8 Å². The second-order valence-corrected chi connectivity index (χ2v) is 3.73. The van der Waals surface area contributed by atoms with Crippen molar-refractivity contribution in [1.29, 1.82) is 0 Å². The third-order valence-electron chi connectivity index (χ3n) is 2.49. The molecule has 2 heteroatoms. The summed E-state index contributed by atoms with van der Waals surface area (Å²) in [4.78, 5) is 10.6. The molecule has 1 aromatic carbocycles. The predicted molar refractivity (Wildman–Crippen MR) is 60.5 cm³/mol. The Morgan fingerprint density at radius 1 is 1.21 bits per heavy atom. The van der Waals surface area contributed by atoms with Crippen LogP contribution in [0.3, 0.4) is 0 Å². The van der Waals surface area contributed by atoms with Gasteiger partial charge in [-0.2, -0.15) is 0 Å². The van der Waals surface area contributed by atoms with Gasteiger partial charge in [0.2, 0.25) is 5.24 Å². The molecule has 1 rings (SSSR count). The minimum atomic E-state index is -0.442. The normalized spacial score (nSPS) is 10.9. The molecule has 0 spiro atoms. The van der Waals surface area contributed by atoms with Crippen LogP contribution < -0.4 is 0 Å². The molecule has 0 aliphatic rings. The summed E-state index contributed by atoms with van der Waals surface area (Å²) in [5.74, 6) is 0. The highest BCUT2D eigenvalue weighted by Crippen LogP contribution is 2.18. The van der Waals surface area contributed by atoms with Crippen LogP contribution in [0.15, 0.2) is 18.2 Å². The minimum absolute atomic E-state index is 0.442. The molecular formula is C12H13ClO. The molecule has 0 fully saturated rings. The van der Waals surface area contributed by atoms with Crippen LogP contribution in [0.4, 0.5) is 0 Å². The standard InChI is InChI=1S/C12H13ClO/c1-8-4-5-11(6-7-12(13)14)10(3)9(8)2/h4-7H,1-3H3/b7-6+. The summed E-state index contributed by atoms with van der Waals surface area (Å²) >= 11 is 5.23. The van der Waals surface area contributed by atoms with E-state index in [-0.39, 0.29) is 0 Å². The van der Waals surface area contributed by atoms with Crippen LogP contribution in [0.5, 0.6) is 0 Å². The van der Waals surface area contributed by atoms with Crippen molar-refractivity contribution in [3.8, 4) is 0 Å². The van der Waals surface area contributed by atoms with Gasteiger partial charge in [0.15, 0.2) is 0 Å². The molecule has 0 aromatic heterocycles. The number of aryl methyl sites for hydroxylation is 1. The van der Waals surface area contributed by atoms with Crippen molar-refractivity contribution in [2.75, 3.05) is 0 Å². The molecule has 0 aliphatic carbocycles. The minimum Gasteiger partial charge on any atom is -0.276 e. The van der Waals surface area contributed by atoms with Gasteiger partial charge in [-0.15, -0.1) is 0 Å². The summed E-state index contributed by atoms with van der Waals surface area (Å²) < 4.78 is 0. The molecule has 0 unspecified atom stereocenters. The lowest BCUT2D eigenvalue weighted by molar-refractivity contribution is -0.107. The van der Waals surface area contributed by atoms with Crippen molar-refractivity contribution in [3.05, 3.63) is 40.5 Å². The van der Waals surface area contributed by atoms with Gasteiger partial charge in [-0.3, -0.25) is 4.79 Å². The number of hydrogen-bond acceptors (Lipinski definition) is 1. The zero-order chi connectivity index (χ0) is 10.7. The van der Waals surface area contributed by atoms with Gasteiger partial charge in [-0.1, -0.05) is 12.1 Å². The molecule has 0 saturated heterocycles. The molecule has 0 amide bonds. The Labute approximate surface area is 89.4 Å². The van der Waals surface area contributed by atoms with Crippen LogP contribution in [0.25, 0.3) is 6.08 Å². The first-order valence-corrected chi connectivity index (χ1v) is 4.84. The number of rotatable bonds is 2. The van der Waals surface area contributed by atoms with E-state index in [2.05, 4.69) is 13.8 Å². The Balaban J connectivity index is 3.12. The number of hydrogen-bond donors (Lipinski definition) is 0. The third-order valence-corrected chi connectivity index (χ3v) is 2.62. The Hall–Kier alpha value is -1.08. The van der Waals surface area contributed by atoms with Gasteiger partial charge in [0.25, 0.3) is 0 Å². The van der Waals surface area contributed by atoms with E-state index >= 15 is 0 Å². The van der Waals surface area contributed by atoms with Crippen LogP contribution in [0, 0.1) is 20.8 Å². The van der Waals surface area contributed by atoms with Crippen LogP contribution in [-0.2, 0) is 4.79 Å². The first kappa shape index (κ1) is 11.0. The average molecular weight is 209 g/mol. The number of allylic oxidation sites excluding steroid dienone is 1. The Kier molecular flexibility index (Phi) is 3.48. The maximum absolute atomic E-state index is 10.6. The molecule has 0 atom stereocenters. The van der Waals surface area contributed by atoms with Gasteiger partial charge < -0.3 is 0 Å². The smallest absolute Gasteiger partial charge is 0.245 e. The monoisotopic (exact) mass is 208 g/mol. The van der Waals surface area contributed by atoms with Crippen LogP contribution >= 0.6 is 11.6 Å². The number of halogens is 1. The van der Waals surface area contributed by atoms with Crippen molar-refractivity contribution in [1.82, 2.24) is 0 Å². The van der Waals surface area contributed by atoms with Gasteiger partial charge in [0.1, 0.15) is 0 Å². The van der Waals surface area contributed by atoms with E-state index in [4.69, 9.17) is 11.6 Å². The topological polar surface area (TPSA) is 17.1 Å². The van der Waals surface area contributed by atoms with Crippen molar-refractivity contribution in [2.45, 2.75) is 20.8 Å². The molecule has 0 radical (unpaired) electrons. The number of carbonyl (C=O) groups is 1. The summed E-state index contributed by atoms with van der Waals surface area (Å²) in [6.07, 6.45) is 3.12. The summed E-state index contributed by atoms with van der Waals surface area (Å²) in [5.41, 5.74) is 4.76. The first-order valence-electron chi connectivity index (χ1n) is 4.46. The van der Waals surface area contributed by atoms with Gasteiger partial charge in [-0.25, -0.2) is 0 Å². The molecule has 14 heavy (non-hydrogen) atoms. The lowest BCUT2D eigenvalue weighted by Crippen LogP contribution is -1.90. The van der Waals surface area contributed by atoms with Gasteiger partial charge in [0, 0.05) is 0 Å². The molecule has 74 valence electrons. The summed E-state index contributed by atoms with van der Waals surface area (Å²) in [7, 11) is 0. The second kappa shape index (κ2) is 4.43. The molecule has 1 nitrogen and oxygen atoms in total. The van der Waals surface area contributed by atoms with Gasteiger partial charge in [0.05, 0.1) is 0 Å². The highest BCUT2D eigenvalue weighted by Gasteiger charge is 2.00. The molecular weight excluding hydrogens is 196 g/mol. The molecule has 0 N–H and O–H groups in total. The van der Waals surface area contributed by atoms with Crippen LogP contribution in [0.2, 0.25) is 0 Å². The largest absolute Gasteiger partial charge is 0.276 e.